The first kappa shape index (κ1) is 18.4. The number of nitrogens with one attached hydrogen (secondary N) is 1. The van der Waals surface area contributed by atoms with Crippen molar-refractivity contribution in [3.8, 4) is 0 Å². The number of carbonyl (C=O) groups is 2. The van der Waals surface area contributed by atoms with Crippen LogP contribution in [0.2, 0.25) is 0 Å². The van der Waals surface area contributed by atoms with Crippen molar-refractivity contribution in [2.24, 2.45) is 0 Å². The summed E-state index contributed by atoms with van der Waals surface area (Å²) in [5.74, 6) is -0.838. The Kier molecular flexibility index (Phi) is 4.82. The molecule has 0 fully saturated rings. The maximum absolute atomic E-state index is 12.7. The summed E-state index contributed by atoms with van der Waals surface area (Å²) in [6, 6.07) is 13.5. The van der Waals surface area contributed by atoms with Crippen molar-refractivity contribution in [2.75, 3.05) is 11.9 Å². The number of benzene rings is 2. The highest BCUT2D eigenvalue weighted by molar-refractivity contribution is 6.01. The molecule has 8 heteroatoms. The number of aromatic nitrogens is 2. The first-order valence-electron chi connectivity index (χ1n) is 9.00. The van der Waals surface area contributed by atoms with E-state index in [1.807, 2.05) is 18.2 Å². The van der Waals surface area contributed by atoms with Crippen LogP contribution in [-0.4, -0.2) is 28.0 Å². The lowest BCUT2D eigenvalue weighted by molar-refractivity contribution is -0.116. The number of furan rings is 1. The maximum Gasteiger partial charge on any atom is 0.338 e. The van der Waals surface area contributed by atoms with E-state index in [4.69, 9.17) is 9.15 Å². The summed E-state index contributed by atoms with van der Waals surface area (Å²) in [5.41, 5.74) is 1.60. The zero-order chi connectivity index (χ0) is 20.4. The minimum Gasteiger partial charge on any atom is -0.462 e. The molecule has 0 unspecified atom stereocenters. The van der Waals surface area contributed by atoms with Crippen molar-refractivity contribution >= 4 is 39.6 Å². The van der Waals surface area contributed by atoms with Crippen molar-refractivity contribution in [3.05, 3.63) is 70.8 Å². The van der Waals surface area contributed by atoms with Gasteiger partial charge in [-0.25, -0.2) is 9.78 Å². The van der Waals surface area contributed by atoms with Crippen LogP contribution in [0, 0.1) is 0 Å². The summed E-state index contributed by atoms with van der Waals surface area (Å²) in [5, 5.41) is 3.43. The van der Waals surface area contributed by atoms with Crippen molar-refractivity contribution in [2.45, 2.75) is 13.5 Å². The molecule has 4 aromatic rings. The SMILES string of the molecule is CCOC(=O)c1ccc(NC(=O)Cn2cnc3c(oc4ccccc43)c2=O)cc1. The molecule has 0 atom stereocenters. The van der Waals surface area contributed by atoms with Gasteiger partial charge in [-0.15, -0.1) is 0 Å². The van der Waals surface area contributed by atoms with E-state index in [2.05, 4.69) is 10.3 Å². The smallest absolute Gasteiger partial charge is 0.338 e. The molecule has 2 aromatic carbocycles. The molecule has 0 spiro atoms. The first-order chi connectivity index (χ1) is 14.1. The van der Waals surface area contributed by atoms with E-state index in [0.29, 0.717) is 22.4 Å². The summed E-state index contributed by atoms with van der Waals surface area (Å²) < 4.78 is 11.7. The highest BCUT2D eigenvalue weighted by atomic mass is 16.5. The standard InChI is InChI=1S/C21H17N3O5/c1-2-28-21(27)13-7-9-14(10-8-13)23-17(25)11-24-12-22-18-15-5-3-4-6-16(15)29-19(18)20(24)26/h3-10,12H,2,11H2,1H3,(H,23,25). The maximum atomic E-state index is 12.7. The summed E-state index contributed by atoms with van der Waals surface area (Å²) in [6.45, 7) is 1.79. The van der Waals surface area contributed by atoms with Gasteiger partial charge in [0.1, 0.15) is 17.6 Å². The third kappa shape index (κ3) is 3.60. The van der Waals surface area contributed by atoms with Crippen LogP contribution >= 0.6 is 0 Å². The van der Waals surface area contributed by atoms with Crippen LogP contribution in [-0.2, 0) is 16.1 Å². The second kappa shape index (κ2) is 7.59. The molecule has 1 N–H and O–H groups in total. The Bertz CT molecular complexity index is 1270. The molecule has 0 aliphatic carbocycles. The fraction of sp³-hybridized carbons (Fsp3) is 0.143. The van der Waals surface area contributed by atoms with E-state index >= 15 is 0 Å². The van der Waals surface area contributed by atoms with Crippen LogP contribution in [0.15, 0.2) is 64.1 Å². The Balaban J connectivity index is 1.52. The average Bonchev–Trinajstić information content (AvgIpc) is 3.10. The third-order valence-corrected chi connectivity index (χ3v) is 4.34. The summed E-state index contributed by atoms with van der Waals surface area (Å²) in [7, 11) is 0. The van der Waals surface area contributed by atoms with Crippen molar-refractivity contribution in [1.82, 2.24) is 9.55 Å². The van der Waals surface area contributed by atoms with E-state index in [0.717, 1.165) is 5.39 Å². The fourth-order valence-electron chi connectivity index (χ4n) is 2.99. The largest absolute Gasteiger partial charge is 0.462 e. The molecule has 2 heterocycles. The van der Waals surface area contributed by atoms with Gasteiger partial charge in [0.2, 0.25) is 11.5 Å². The molecule has 2 aromatic heterocycles. The Morgan fingerprint density at radius 1 is 1.14 bits per heavy atom. The molecule has 1 amide bonds. The van der Waals surface area contributed by atoms with Crippen LogP contribution in [0.5, 0.6) is 0 Å². The topological polar surface area (TPSA) is 103 Å². The molecule has 29 heavy (non-hydrogen) atoms. The van der Waals surface area contributed by atoms with Gasteiger partial charge >= 0.3 is 5.97 Å². The number of para-hydroxylation sites is 1. The molecular formula is C21H17N3O5. The minimum absolute atomic E-state index is 0.111. The van der Waals surface area contributed by atoms with Crippen LogP contribution < -0.4 is 10.9 Å². The van der Waals surface area contributed by atoms with Gasteiger partial charge in [0.15, 0.2) is 0 Å². The number of carbonyl (C=O) groups excluding carboxylic acids is 2. The number of anilines is 1. The number of esters is 1. The van der Waals surface area contributed by atoms with Gasteiger partial charge in [0.25, 0.3) is 5.56 Å². The Morgan fingerprint density at radius 2 is 1.90 bits per heavy atom. The van der Waals surface area contributed by atoms with Gasteiger partial charge in [0, 0.05) is 11.1 Å². The molecule has 0 saturated carbocycles. The van der Waals surface area contributed by atoms with Crippen LogP contribution in [0.1, 0.15) is 17.3 Å². The van der Waals surface area contributed by atoms with E-state index in [-0.39, 0.29) is 18.7 Å². The van der Waals surface area contributed by atoms with Gasteiger partial charge in [-0.05, 0) is 43.3 Å². The predicted octanol–water partition coefficient (Wildman–Crippen LogP) is 2.96. The lowest BCUT2D eigenvalue weighted by Crippen LogP contribution is -2.27. The van der Waals surface area contributed by atoms with Crippen LogP contribution in [0.4, 0.5) is 5.69 Å². The first-order valence-corrected chi connectivity index (χ1v) is 9.00. The average molecular weight is 391 g/mol. The zero-order valence-corrected chi connectivity index (χ0v) is 15.5. The molecule has 0 aliphatic heterocycles. The Morgan fingerprint density at radius 3 is 2.66 bits per heavy atom. The lowest BCUT2D eigenvalue weighted by Gasteiger charge is -2.08. The van der Waals surface area contributed by atoms with Gasteiger partial charge in [-0.2, -0.15) is 0 Å². The van der Waals surface area contributed by atoms with E-state index in [1.54, 1.807) is 37.3 Å². The number of amides is 1. The molecule has 0 saturated heterocycles. The van der Waals surface area contributed by atoms with Gasteiger partial charge < -0.3 is 14.5 Å². The molecule has 0 radical (unpaired) electrons. The zero-order valence-electron chi connectivity index (χ0n) is 15.5. The molecule has 0 bridgehead atoms. The normalized spacial score (nSPS) is 10.9. The van der Waals surface area contributed by atoms with Gasteiger partial charge in [0.05, 0.1) is 18.5 Å². The van der Waals surface area contributed by atoms with E-state index < -0.39 is 17.4 Å². The molecule has 4 rings (SSSR count). The number of ether oxygens (including phenoxy) is 1. The third-order valence-electron chi connectivity index (χ3n) is 4.34. The monoisotopic (exact) mass is 391 g/mol. The number of nitrogens with zero attached hydrogens (tertiary/aromatic N) is 2. The number of fused-ring (bicyclic) bond motifs is 3. The van der Waals surface area contributed by atoms with Crippen LogP contribution in [0.25, 0.3) is 22.1 Å². The predicted molar refractivity (Wildman–Crippen MR) is 107 cm³/mol. The highest BCUT2D eigenvalue weighted by Crippen LogP contribution is 2.24. The van der Waals surface area contributed by atoms with E-state index in [9.17, 15) is 14.4 Å². The lowest BCUT2D eigenvalue weighted by atomic mass is 10.2. The summed E-state index contributed by atoms with van der Waals surface area (Å²) in [4.78, 5) is 40.9. The van der Waals surface area contributed by atoms with Crippen molar-refractivity contribution < 1.29 is 18.7 Å². The highest BCUT2D eigenvalue weighted by Gasteiger charge is 2.15. The molecule has 146 valence electrons. The minimum atomic E-state index is -0.431. The number of hydrogen-bond acceptors (Lipinski definition) is 6. The Hall–Kier alpha value is -3.94. The Labute approximate surface area is 164 Å². The quantitative estimate of drug-likeness (QED) is 0.525. The van der Waals surface area contributed by atoms with Gasteiger partial charge in [-0.3, -0.25) is 14.2 Å². The molecule has 0 aliphatic rings. The number of hydrogen-bond donors (Lipinski definition) is 1. The fourth-order valence-corrected chi connectivity index (χ4v) is 2.99. The van der Waals surface area contributed by atoms with E-state index in [1.165, 1.54) is 10.9 Å². The number of rotatable bonds is 5. The van der Waals surface area contributed by atoms with Crippen molar-refractivity contribution in [3.63, 3.8) is 0 Å². The molecular weight excluding hydrogens is 374 g/mol. The second-order valence-electron chi connectivity index (χ2n) is 6.30. The van der Waals surface area contributed by atoms with Crippen LogP contribution in [0.3, 0.4) is 0 Å². The summed E-state index contributed by atoms with van der Waals surface area (Å²) >= 11 is 0. The second-order valence-corrected chi connectivity index (χ2v) is 6.30. The molecule has 8 nitrogen and oxygen atoms in total. The summed E-state index contributed by atoms with van der Waals surface area (Å²) in [6.07, 6.45) is 1.33. The van der Waals surface area contributed by atoms with Gasteiger partial charge in [-0.1, -0.05) is 12.1 Å². The van der Waals surface area contributed by atoms with Crippen molar-refractivity contribution in [1.29, 1.82) is 0 Å².